The van der Waals surface area contributed by atoms with E-state index in [4.69, 9.17) is 0 Å². The van der Waals surface area contributed by atoms with Crippen LogP contribution in [0.1, 0.15) is 22.3 Å². The van der Waals surface area contributed by atoms with Crippen molar-refractivity contribution in [1.29, 1.82) is 0 Å². The Bertz CT molecular complexity index is 2750. The van der Waals surface area contributed by atoms with Crippen LogP contribution in [0.25, 0.3) is 49.7 Å². The summed E-state index contributed by atoms with van der Waals surface area (Å²) < 4.78 is 2.51. The predicted octanol–water partition coefficient (Wildman–Crippen LogP) is 12.6. The Morgan fingerprint density at radius 3 is 1.73 bits per heavy atom. The van der Waals surface area contributed by atoms with E-state index in [1.165, 1.54) is 72.0 Å². The van der Waals surface area contributed by atoms with Gasteiger partial charge in [0.2, 0.25) is 0 Å². The number of hydrogen-bond donors (Lipinski definition) is 0. The zero-order chi connectivity index (χ0) is 33.5. The largest absolute Gasteiger partial charge is 0.311 e. The normalized spacial score (nSPS) is 15.1. The summed E-state index contributed by atoms with van der Waals surface area (Å²) in [4.78, 5) is 2.31. The lowest BCUT2D eigenvalue weighted by molar-refractivity contribution is 0.748. The van der Waals surface area contributed by atoms with Crippen LogP contribution in [0, 0.1) is 0 Å². The molecule has 0 radical (unpaired) electrons. The second-order valence-electron chi connectivity index (χ2n) is 13.7. The summed E-state index contributed by atoms with van der Waals surface area (Å²) in [6.07, 6.45) is 0. The Morgan fingerprint density at radius 1 is 0.373 bits per heavy atom. The summed E-state index contributed by atoms with van der Waals surface area (Å²) in [5, 5.41) is 2.60. The topological polar surface area (TPSA) is 8.17 Å². The average molecular weight is 649 g/mol. The van der Waals surface area contributed by atoms with Crippen LogP contribution in [0.15, 0.2) is 194 Å². The SMILES string of the molecule is c1ccc(N(c2ccccc2)c2ccc(-c3ccc4c(c3)-c3ccccc3C43c4ccccc4-n4c5ccccc5c5cccc3c54)cc2)cc1. The Balaban J connectivity index is 1.11. The van der Waals surface area contributed by atoms with Crippen molar-refractivity contribution >= 4 is 38.9 Å². The van der Waals surface area contributed by atoms with Gasteiger partial charge in [-0.3, -0.25) is 0 Å². The van der Waals surface area contributed by atoms with Gasteiger partial charge >= 0.3 is 0 Å². The fourth-order valence-corrected chi connectivity index (χ4v) is 9.15. The maximum atomic E-state index is 2.51. The first-order valence-electron chi connectivity index (χ1n) is 17.7. The highest BCUT2D eigenvalue weighted by atomic mass is 15.1. The van der Waals surface area contributed by atoms with E-state index in [2.05, 4.69) is 204 Å². The summed E-state index contributed by atoms with van der Waals surface area (Å²) >= 11 is 0. The van der Waals surface area contributed by atoms with Crippen molar-refractivity contribution in [3.63, 3.8) is 0 Å². The van der Waals surface area contributed by atoms with Crippen molar-refractivity contribution in [2.24, 2.45) is 0 Å². The van der Waals surface area contributed by atoms with Gasteiger partial charge in [0.25, 0.3) is 0 Å². The maximum absolute atomic E-state index is 2.51. The van der Waals surface area contributed by atoms with Gasteiger partial charge in [-0.15, -0.1) is 0 Å². The lowest BCUT2D eigenvalue weighted by Gasteiger charge is -2.39. The van der Waals surface area contributed by atoms with E-state index >= 15 is 0 Å². The molecule has 9 aromatic rings. The first kappa shape index (κ1) is 28.2. The van der Waals surface area contributed by atoms with Crippen LogP contribution in [-0.2, 0) is 5.41 Å². The molecule has 0 saturated carbocycles. The number of fused-ring (bicyclic) bond motifs is 12. The molecule has 2 nitrogen and oxygen atoms in total. The summed E-state index contributed by atoms with van der Waals surface area (Å²) in [6, 6.07) is 71.3. The van der Waals surface area contributed by atoms with Gasteiger partial charge in [0.05, 0.1) is 22.1 Å². The van der Waals surface area contributed by atoms with Gasteiger partial charge in [0, 0.05) is 27.8 Å². The standard InChI is InChI=1S/C49H32N2/c1-3-14-35(15-4-1)50(36-16-5-2-6-17-36)37-29-26-33(27-30-37)34-28-31-43-41(32-34)38-18-7-9-21-42(38)49(43)44-22-10-12-25-47(44)51-46-24-11-8-19-39(46)40-20-13-23-45(49)48(40)51/h1-32H. The van der Waals surface area contributed by atoms with Crippen molar-refractivity contribution in [2.45, 2.75) is 5.41 Å². The molecule has 1 spiro atoms. The first-order valence-corrected chi connectivity index (χ1v) is 17.7. The molecule has 2 aliphatic rings. The van der Waals surface area contributed by atoms with E-state index in [-0.39, 0.29) is 0 Å². The third-order valence-electron chi connectivity index (χ3n) is 11.2. The third kappa shape index (κ3) is 3.82. The van der Waals surface area contributed by atoms with E-state index in [1.54, 1.807) is 0 Å². The Kier molecular flexibility index (Phi) is 5.91. The minimum atomic E-state index is -0.430. The quantitative estimate of drug-likeness (QED) is 0.184. The van der Waals surface area contributed by atoms with Crippen LogP contribution in [0.3, 0.4) is 0 Å². The van der Waals surface area contributed by atoms with Crippen LogP contribution < -0.4 is 4.90 Å². The molecule has 1 unspecified atom stereocenters. The van der Waals surface area contributed by atoms with Crippen molar-refractivity contribution in [2.75, 3.05) is 4.90 Å². The van der Waals surface area contributed by atoms with Crippen LogP contribution in [-0.4, -0.2) is 4.57 Å². The van der Waals surface area contributed by atoms with E-state index in [1.807, 2.05) is 0 Å². The van der Waals surface area contributed by atoms with Crippen molar-refractivity contribution in [1.82, 2.24) is 4.57 Å². The van der Waals surface area contributed by atoms with Gasteiger partial charge in [0.1, 0.15) is 0 Å². The van der Waals surface area contributed by atoms with Crippen LogP contribution in [0.2, 0.25) is 0 Å². The highest BCUT2D eigenvalue weighted by Crippen LogP contribution is 2.61. The number of para-hydroxylation sites is 5. The monoisotopic (exact) mass is 648 g/mol. The molecule has 0 saturated heterocycles. The molecule has 1 aliphatic carbocycles. The van der Waals surface area contributed by atoms with Gasteiger partial charge in [-0.2, -0.15) is 0 Å². The molecule has 1 aliphatic heterocycles. The molecule has 0 bridgehead atoms. The highest BCUT2D eigenvalue weighted by Gasteiger charge is 2.50. The van der Waals surface area contributed by atoms with Gasteiger partial charge in [-0.25, -0.2) is 0 Å². The molecule has 2 heteroatoms. The highest BCUT2D eigenvalue weighted by molar-refractivity contribution is 6.12. The van der Waals surface area contributed by atoms with Crippen LogP contribution >= 0.6 is 0 Å². The second kappa shape index (κ2) is 10.7. The molecule has 8 aromatic carbocycles. The minimum absolute atomic E-state index is 0.430. The first-order chi connectivity index (χ1) is 25.3. The zero-order valence-electron chi connectivity index (χ0n) is 27.9. The molecule has 1 aromatic heterocycles. The lowest BCUT2D eigenvalue weighted by atomic mass is 9.65. The summed E-state index contributed by atoms with van der Waals surface area (Å²) in [6.45, 7) is 0. The second-order valence-corrected chi connectivity index (χ2v) is 13.7. The summed E-state index contributed by atoms with van der Waals surface area (Å²) in [7, 11) is 0. The van der Waals surface area contributed by atoms with Crippen molar-refractivity contribution < 1.29 is 0 Å². The summed E-state index contributed by atoms with van der Waals surface area (Å²) in [5.74, 6) is 0. The van der Waals surface area contributed by atoms with Gasteiger partial charge in [0.15, 0.2) is 0 Å². The molecular formula is C49H32N2. The molecule has 2 heterocycles. The lowest BCUT2D eigenvalue weighted by Crippen LogP contribution is -2.33. The van der Waals surface area contributed by atoms with Gasteiger partial charge in [-0.1, -0.05) is 140 Å². The molecular weight excluding hydrogens is 617 g/mol. The zero-order valence-corrected chi connectivity index (χ0v) is 27.9. The number of aromatic nitrogens is 1. The maximum Gasteiger partial charge on any atom is 0.0754 e. The average Bonchev–Trinajstić information content (AvgIpc) is 3.70. The van der Waals surface area contributed by atoms with E-state index < -0.39 is 5.41 Å². The Morgan fingerprint density at radius 2 is 0.941 bits per heavy atom. The van der Waals surface area contributed by atoms with Crippen LogP contribution in [0.4, 0.5) is 17.1 Å². The van der Waals surface area contributed by atoms with E-state index in [0.717, 1.165) is 17.1 Å². The number of rotatable bonds is 4. The Hall–Kier alpha value is -6.64. The number of anilines is 3. The number of nitrogens with zero attached hydrogens (tertiary/aromatic N) is 2. The minimum Gasteiger partial charge on any atom is -0.311 e. The number of benzene rings is 8. The third-order valence-corrected chi connectivity index (χ3v) is 11.2. The molecule has 0 N–H and O–H groups in total. The van der Waals surface area contributed by atoms with E-state index in [0.29, 0.717) is 0 Å². The molecule has 238 valence electrons. The molecule has 51 heavy (non-hydrogen) atoms. The van der Waals surface area contributed by atoms with Gasteiger partial charge < -0.3 is 9.47 Å². The van der Waals surface area contributed by atoms with E-state index in [9.17, 15) is 0 Å². The molecule has 1 atom stereocenters. The summed E-state index contributed by atoms with van der Waals surface area (Å²) in [5.41, 5.74) is 17.2. The van der Waals surface area contributed by atoms with Gasteiger partial charge in [-0.05, 0) is 99.1 Å². The molecule has 0 fully saturated rings. The molecule has 0 amide bonds. The van der Waals surface area contributed by atoms with Crippen molar-refractivity contribution in [3.8, 4) is 27.9 Å². The number of hydrogen-bond acceptors (Lipinski definition) is 1. The predicted molar refractivity (Wildman–Crippen MR) is 212 cm³/mol. The fourth-order valence-electron chi connectivity index (χ4n) is 9.15. The van der Waals surface area contributed by atoms with Crippen molar-refractivity contribution in [3.05, 3.63) is 216 Å². The Labute approximate surface area is 297 Å². The molecule has 11 rings (SSSR count). The van der Waals surface area contributed by atoms with Crippen LogP contribution in [0.5, 0.6) is 0 Å². The fraction of sp³-hybridized carbons (Fsp3) is 0.0204. The smallest absolute Gasteiger partial charge is 0.0754 e.